The molecule has 2 unspecified atom stereocenters. The first-order valence-corrected chi connectivity index (χ1v) is 5.83. The lowest BCUT2D eigenvalue weighted by Crippen LogP contribution is -2.31. The minimum absolute atomic E-state index is 0.736. The van der Waals surface area contributed by atoms with Crippen LogP contribution in [0.15, 0.2) is 0 Å². The highest BCUT2D eigenvalue weighted by molar-refractivity contribution is 4.70. The Morgan fingerprint density at radius 2 is 1.62 bits per heavy atom. The fraction of sp³-hybridized carbons (Fsp3) is 1.00. The first-order chi connectivity index (χ1) is 6.10. The van der Waals surface area contributed by atoms with Crippen LogP contribution in [-0.2, 0) is 0 Å². The molecule has 0 aliphatic heterocycles. The first-order valence-electron chi connectivity index (χ1n) is 5.83. The van der Waals surface area contributed by atoms with Crippen LogP contribution in [0.5, 0.6) is 0 Å². The molecule has 0 aliphatic rings. The average molecular weight is 185 g/mol. The van der Waals surface area contributed by atoms with Crippen molar-refractivity contribution in [1.29, 1.82) is 0 Å². The zero-order valence-electron chi connectivity index (χ0n) is 10.1. The second-order valence-corrected chi connectivity index (χ2v) is 4.63. The maximum absolute atomic E-state index is 3.58. The summed E-state index contributed by atoms with van der Waals surface area (Å²) < 4.78 is 0. The van der Waals surface area contributed by atoms with Gasteiger partial charge in [-0.3, -0.25) is 0 Å². The van der Waals surface area contributed by atoms with Crippen molar-refractivity contribution < 1.29 is 0 Å². The van der Waals surface area contributed by atoms with Crippen molar-refractivity contribution >= 4 is 0 Å². The normalized spacial score (nSPS) is 16.2. The molecule has 0 aliphatic carbocycles. The van der Waals surface area contributed by atoms with E-state index in [9.17, 15) is 0 Å². The van der Waals surface area contributed by atoms with Crippen LogP contribution in [0.3, 0.4) is 0 Å². The highest BCUT2D eigenvalue weighted by atomic mass is 14.9. The molecular formula is C12H27N. The average Bonchev–Trinajstić information content (AvgIpc) is 2.03. The molecular weight excluding hydrogens is 158 g/mol. The SMILES string of the molecule is CCNC(CC(C)C)CC(C)CC. The van der Waals surface area contributed by atoms with Gasteiger partial charge in [0.2, 0.25) is 0 Å². The summed E-state index contributed by atoms with van der Waals surface area (Å²) in [6, 6.07) is 0.736. The number of rotatable bonds is 7. The van der Waals surface area contributed by atoms with Crippen molar-refractivity contribution in [1.82, 2.24) is 5.32 Å². The minimum Gasteiger partial charge on any atom is -0.314 e. The number of hydrogen-bond donors (Lipinski definition) is 1. The molecule has 0 bridgehead atoms. The highest BCUT2D eigenvalue weighted by Crippen LogP contribution is 2.15. The zero-order valence-corrected chi connectivity index (χ0v) is 10.1. The molecule has 0 saturated carbocycles. The quantitative estimate of drug-likeness (QED) is 0.640. The van der Waals surface area contributed by atoms with Crippen molar-refractivity contribution in [3.8, 4) is 0 Å². The molecule has 13 heavy (non-hydrogen) atoms. The number of hydrogen-bond acceptors (Lipinski definition) is 1. The van der Waals surface area contributed by atoms with Gasteiger partial charge >= 0.3 is 0 Å². The summed E-state index contributed by atoms with van der Waals surface area (Å²) in [5.41, 5.74) is 0. The predicted molar refractivity (Wildman–Crippen MR) is 61.0 cm³/mol. The second kappa shape index (κ2) is 7.37. The molecule has 0 fully saturated rings. The second-order valence-electron chi connectivity index (χ2n) is 4.63. The van der Waals surface area contributed by atoms with E-state index in [1.165, 1.54) is 19.3 Å². The summed E-state index contributed by atoms with van der Waals surface area (Å²) in [7, 11) is 0. The van der Waals surface area contributed by atoms with Gasteiger partial charge in [0.1, 0.15) is 0 Å². The molecule has 80 valence electrons. The molecule has 0 saturated heterocycles. The van der Waals surface area contributed by atoms with Gasteiger partial charge < -0.3 is 5.32 Å². The third kappa shape index (κ3) is 7.06. The molecule has 0 aromatic rings. The van der Waals surface area contributed by atoms with Crippen LogP contribution in [0.25, 0.3) is 0 Å². The van der Waals surface area contributed by atoms with Crippen LogP contribution in [-0.4, -0.2) is 12.6 Å². The van der Waals surface area contributed by atoms with Crippen LogP contribution in [0, 0.1) is 11.8 Å². The molecule has 0 aromatic heterocycles. The first kappa shape index (κ1) is 13.0. The molecule has 0 amide bonds. The monoisotopic (exact) mass is 185 g/mol. The van der Waals surface area contributed by atoms with Crippen molar-refractivity contribution in [2.45, 2.75) is 59.9 Å². The third-order valence-corrected chi connectivity index (χ3v) is 2.63. The Bertz CT molecular complexity index is 110. The van der Waals surface area contributed by atoms with E-state index >= 15 is 0 Å². The molecule has 0 radical (unpaired) electrons. The van der Waals surface area contributed by atoms with Gasteiger partial charge in [-0.05, 0) is 31.2 Å². The molecule has 1 heteroatoms. The Labute approximate surface area is 84.3 Å². The Morgan fingerprint density at radius 3 is 2.00 bits per heavy atom. The van der Waals surface area contributed by atoms with Crippen LogP contribution in [0.1, 0.15) is 53.9 Å². The summed E-state index contributed by atoms with van der Waals surface area (Å²) >= 11 is 0. The van der Waals surface area contributed by atoms with E-state index in [0.717, 1.165) is 24.4 Å². The Hall–Kier alpha value is -0.0400. The predicted octanol–water partition coefficient (Wildman–Crippen LogP) is 3.45. The topological polar surface area (TPSA) is 12.0 Å². The van der Waals surface area contributed by atoms with Crippen LogP contribution in [0.4, 0.5) is 0 Å². The van der Waals surface area contributed by atoms with E-state index in [1.54, 1.807) is 0 Å². The Morgan fingerprint density at radius 1 is 1.00 bits per heavy atom. The zero-order chi connectivity index (χ0) is 10.3. The maximum atomic E-state index is 3.58. The van der Waals surface area contributed by atoms with Gasteiger partial charge in [-0.2, -0.15) is 0 Å². The maximum Gasteiger partial charge on any atom is 0.00719 e. The molecule has 0 aromatic carbocycles. The lowest BCUT2D eigenvalue weighted by atomic mass is 9.93. The molecule has 0 rings (SSSR count). The van der Waals surface area contributed by atoms with Crippen molar-refractivity contribution in [3.63, 3.8) is 0 Å². The fourth-order valence-electron chi connectivity index (χ4n) is 1.77. The molecule has 1 N–H and O–H groups in total. The van der Waals surface area contributed by atoms with Gasteiger partial charge in [0.15, 0.2) is 0 Å². The smallest absolute Gasteiger partial charge is 0.00719 e. The van der Waals surface area contributed by atoms with E-state index in [1.807, 2.05) is 0 Å². The molecule has 0 heterocycles. The van der Waals surface area contributed by atoms with Crippen LogP contribution >= 0.6 is 0 Å². The van der Waals surface area contributed by atoms with Crippen molar-refractivity contribution in [2.24, 2.45) is 11.8 Å². The summed E-state index contributed by atoms with van der Waals surface area (Å²) in [5.74, 6) is 1.68. The van der Waals surface area contributed by atoms with E-state index < -0.39 is 0 Å². The molecule has 2 atom stereocenters. The Balaban J connectivity index is 3.78. The van der Waals surface area contributed by atoms with Gasteiger partial charge in [0, 0.05) is 6.04 Å². The summed E-state index contributed by atoms with van der Waals surface area (Å²) in [5, 5.41) is 3.58. The fourth-order valence-corrected chi connectivity index (χ4v) is 1.77. The van der Waals surface area contributed by atoms with E-state index in [0.29, 0.717) is 0 Å². The third-order valence-electron chi connectivity index (χ3n) is 2.63. The van der Waals surface area contributed by atoms with Gasteiger partial charge in [-0.1, -0.05) is 41.0 Å². The molecule has 1 nitrogen and oxygen atoms in total. The highest BCUT2D eigenvalue weighted by Gasteiger charge is 2.12. The van der Waals surface area contributed by atoms with Gasteiger partial charge in [0.05, 0.1) is 0 Å². The summed E-state index contributed by atoms with van der Waals surface area (Å²) in [4.78, 5) is 0. The van der Waals surface area contributed by atoms with Crippen LogP contribution in [0.2, 0.25) is 0 Å². The summed E-state index contributed by atoms with van der Waals surface area (Å²) in [6.45, 7) is 12.5. The standard InChI is InChI=1S/C12H27N/c1-6-11(5)9-12(13-7-2)8-10(3)4/h10-13H,6-9H2,1-5H3. The van der Waals surface area contributed by atoms with Gasteiger partial charge in [-0.15, -0.1) is 0 Å². The van der Waals surface area contributed by atoms with E-state index in [2.05, 4.69) is 39.9 Å². The largest absolute Gasteiger partial charge is 0.314 e. The lowest BCUT2D eigenvalue weighted by molar-refractivity contribution is 0.349. The van der Waals surface area contributed by atoms with Gasteiger partial charge in [-0.25, -0.2) is 0 Å². The van der Waals surface area contributed by atoms with Crippen molar-refractivity contribution in [3.05, 3.63) is 0 Å². The van der Waals surface area contributed by atoms with E-state index in [-0.39, 0.29) is 0 Å². The summed E-state index contributed by atoms with van der Waals surface area (Å²) in [6.07, 6.45) is 3.96. The van der Waals surface area contributed by atoms with E-state index in [4.69, 9.17) is 0 Å². The lowest BCUT2D eigenvalue weighted by Gasteiger charge is -2.22. The minimum atomic E-state index is 0.736. The van der Waals surface area contributed by atoms with Gasteiger partial charge in [0.25, 0.3) is 0 Å². The molecule has 0 spiro atoms. The number of nitrogens with one attached hydrogen (secondary N) is 1. The Kier molecular flexibility index (Phi) is 7.35. The van der Waals surface area contributed by atoms with Crippen LogP contribution < -0.4 is 5.32 Å². The van der Waals surface area contributed by atoms with Crippen molar-refractivity contribution in [2.75, 3.05) is 6.54 Å².